The summed E-state index contributed by atoms with van der Waals surface area (Å²) in [5, 5.41) is 2.92. The first-order valence-electron chi connectivity index (χ1n) is 10.4. The van der Waals surface area contributed by atoms with Crippen molar-refractivity contribution in [2.24, 2.45) is 0 Å². The lowest BCUT2D eigenvalue weighted by molar-refractivity contribution is -0.122. The van der Waals surface area contributed by atoms with Gasteiger partial charge in [-0.05, 0) is 48.6 Å². The van der Waals surface area contributed by atoms with E-state index in [0.717, 1.165) is 23.3 Å². The maximum Gasteiger partial charge on any atom is 0.265 e. The van der Waals surface area contributed by atoms with E-state index >= 15 is 0 Å². The van der Waals surface area contributed by atoms with Gasteiger partial charge in [0, 0.05) is 11.8 Å². The number of para-hydroxylation sites is 1. The quantitative estimate of drug-likeness (QED) is 0.464. The van der Waals surface area contributed by atoms with Crippen LogP contribution < -0.4 is 14.8 Å². The molecule has 4 nitrogen and oxygen atoms in total. The van der Waals surface area contributed by atoms with Gasteiger partial charge in [-0.2, -0.15) is 0 Å². The van der Waals surface area contributed by atoms with E-state index in [9.17, 15) is 4.79 Å². The number of nitrogens with one attached hydrogen (secondary N) is 1. The first-order chi connectivity index (χ1) is 14.6. The second-order valence-corrected chi connectivity index (χ2v) is 7.40. The highest BCUT2D eigenvalue weighted by molar-refractivity contribution is 5.94. The largest absolute Gasteiger partial charge is 0.489 e. The Morgan fingerprint density at radius 1 is 0.933 bits per heavy atom. The molecule has 1 amide bonds. The van der Waals surface area contributed by atoms with Crippen LogP contribution >= 0.6 is 0 Å². The molecular weight excluding hydrogens is 374 g/mol. The molecule has 2 atom stereocenters. The molecule has 3 aromatic carbocycles. The number of hydrogen-bond acceptors (Lipinski definition) is 3. The maximum atomic E-state index is 12.7. The summed E-state index contributed by atoms with van der Waals surface area (Å²) >= 11 is 0. The average molecular weight is 404 g/mol. The summed E-state index contributed by atoms with van der Waals surface area (Å²) < 4.78 is 11.8. The summed E-state index contributed by atoms with van der Waals surface area (Å²) in [6, 6.07) is 25.3. The molecule has 1 N–H and O–H groups in total. The summed E-state index contributed by atoms with van der Waals surface area (Å²) in [5.41, 5.74) is 2.89. The second-order valence-electron chi connectivity index (χ2n) is 7.40. The molecule has 0 spiro atoms. The van der Waals surface area contributed by atoms with Crippen molar-refractivity contribution in [2.45, 2.75) is 45.8 Å². The van der Waals surface area contributed by atoms with Crippen molar-refractivity contribution in [3.8, 4) is 11.5 Å². The normalized spacial score (nSPS) is 12.6. The van der Waals surface area contributed by atoms with E-state index in [1.54, 1.807) is 6.92 Å². The molecule has 0 aliphatic carbocycles. The Bertz CT molecular complexity index is 955. The van der Waals surface area contributed by atoms with Gasteiger partial charge >= 0.3 is 0 Å². The first kappa shape index (κ1) is 21.4. The van der Waals surface area contributed by atoms with Crippen molar-refractivity contribution in [1.29, 1.82) is 0 Å². The third-order valence-corrected chi connectivity index (χ3v) is 5.09. The SMILES string of the molecule is CCC(C)c1ccccc1OC(C)C(=O)Nc1cccc(OCc2ccccc2)c1. The highest BCUT2D eigenvalue weighted by atomic mass is 16.5. The van der Waals surface area contributed by atoms with E-state index < -0.39 is 6.10 Å². The summed E-state index contributed by atoms with van der Waals surface area (Å²) in [7, 11) is 0. The smallest absolute Gasteiger partial charge is 0.265 e. The molecule has 156 valence electrons. The standard InChI is InChI=1S/C26H29NO3/c1-4-19(2)24-15-8-9-16-25(24)30-20(3)26(28)27-22-13-10-14-23(17-22)29-18-21-11-6-5-7-12-21/h5-17,19-20H,4,18H2,1-3H3,(H,27,28). The molecule has 2 unspecified atom stereocenters. The molecule has 30 heavy (non-hydrogen) atoms. The van der Waals surface area contributed by atoms with Gasteiger partial charge in [0.15, 0.2) is 6.10 Å². The fraction of sp³-hybridized carbons (Fsp3) is 0.269. The van der Waals surface area contributed by atoms with Crippen LogP contribution in [0.15, 0.2) is 78.9 Å². The molecule has 0 heterocycles. The summed E-state index contributed by atoms with van der Waals surface area (Å²) in [6.07, 6.45) is 0.389. The lowest BCUT2D eigenvalue weighted by atomic mass is 9.98. The number of amides is 1. The Kier molecular flexibility index (Phi) is 7.50. The number of carbonyl (C=O) groups excluding carboxylic acids is 1. The molecule has 3 rings (SSSR count). The third kappa shape index (κ3) is 5.86. The fourth-order valence-corrected chi connectivity index (χ4v) is 3.11. The molecule has 0 fully saturated rings. The van der Waals surface area contributed by atoms with E-state index in [1.165, 1.54) is 0 Å². The van der Waals surface area contributed by atoms with Crippen molar-refractivity contribution < 1.29 is 14.3 Å². The zero-order valence-corrected chi connectivity index (χ0v) is 17.8. The Labute approximate surface area is 178 Å². The molecule has 0 aliphatic heterocycles. The highest BCUT2D eigenvalue weighted by Gasteiger charge is 2.18. The number of hydrogen-bond donors (Lipinski definition) is 1. The highest BCUT2D eigenvalue weighted by Crippen LogP contribution is 2.29. The fourth-order valence-electron chi connectivity index (χ4n) is 3.11. The molecule has 3 aromatic rings. The minimum absolute atomic E-state index is 0.200. The van der Waals surface area contributed by atoms with Crippen molar-refractivity contribution >= 4 is 11.6 Å². The predicted molar refractivity (Wildman–Crippen MR) is 121 cm³/mol. The van der Waals surface area contributed by atoms with Gasteiger partial charge in [0.1, 0.15) is 18.1 Å². The zero-order valence-electron chi connectivity index (χ0n) is 17.8. The topological polar surface area (TPSA) is 47.6 Å². The Morgan fingerprint density at radius 2 is 1.67 bits per heavy atom. The van der Waals surface area contributed by atoms with Crippen molar-refractivity contribution in [3.05, 3.63) is 90.0 Å². The molecular formula is C26H29NO3. The van der Waals surface area contributed by atoms with Crippen LogP contribution in [0.25, 0.3) is 0 Å². The Hall–Kier alpha value is -3.27. The van der Waals surface area contributed by atoms with Gasteiger partial charge in [0.05, 0.1) is 0 Å². The first-order valence-corrected chi connectivity index (χ1v) is 10.4. The Morgan fingerprint density at radius 3 is 2.43 bits per heavy atom. The lowest BCUT2D eigenvalue weighted by Gasteiger charge is -2.19. The van der Waals surface area contributed by atoms with E-state index in [-0.39, 0.29) is 5.91 Å². The monoisotopic (exact) mass is 403 g/mol. The van der Waals surface area contributed by atoms with E-state index in [4.69, 9.17) is 9.47 Å². The molecule has 4 heteroatoms. The van der Waals surface area contributed by atoms with Crippen molar-refractivity contribution in [3.63, 3.8) is 0 Å². The van der Waals surface area contributed by atoms with Crippen molar-refractivity contribution in [2.75, 3.05) is 5.32 Å². The van der Waals surface area contributed by atoms with Crippen LogP contribution in [0.1, 0.15) is 44.2 Å². The summed E-state index contributed by atoms with van der Waals surface area (Å²) in [4.78, 5) is 12.7. The number of anilines is 1. The number of carbonyl (C=O) groups is 1. The van der Waals surface area contributed by atoms with Crippen LogP contribution in [0.3, 0.4) is 0 Å². The van der Waals surface area contributed by atoms with E-state index in [2.05, 4.69) is 25.2 Å². The van der Waals surface area contributed by atoms with Gasteiger partial charge in [0.25, 0.3) is 5.91 Å². The zero-order chi connectivity index (χ0) is 21.3. The number of benzene rings is 3. The second kappa shape index (κ2) is 10.5. The molecule has 0 saturated heterocycles. The third-order valence-electron chi connectivity index (χ3n) is 5.09. The maximum absolute atomic E-state index is 12.7. The number of ether oxygens (including phenoxy) is 2. The van der Waals surface area contributed by atoms with Crippen LogP contribution in [0, 0.1) is 0 Å². The van der Waals surface area contributed by atoms with Gasteiger partial charge < -0.3 is 14.8 Å². The molecule has 0 aromatic heterocycles. The molecule has 0 bridgehead atoms. The average Bonchev–Trinajstić information content (AvgIpc) is 2.78. The van der Waals surface area contributed by atoms with Crippen LogP contribution in [-0.2, 0) is 11.4 Å². The van der Waals surface area contributed by atoms with Crippen molar-refractivity contribution in [1.82, 2.24) is 0 Å². The van der Waals surface area contributed by atoms with Crippen LogP contribution in [0.2, 0.25) is 0 Å². The molecule has 0 radical (unpaired) electrons. The van der Waals surface area contributed by atoms with E-state index in [0.29, 0.717) is 24.0 Å². The van der Waals surface area contributed by atoms with E-state index in [1.807, 2.05) is 72.8 Å². The molecule has 0 saturated carbocycles. The number of rotatable bonds is 9. The van der Waals surface area contributed by atoms with Crippen LogP contribution in [0.4, 0.5) is 5.69 Å². The predicted octanol–water partition coefficient (Wildman–Crippen LogP) is 6.19. The van der Waals surface area contributed by atoms with Gasteiger partial charge in [-0.3, -0.25) is 4.79 Å². The minimum Gasteiger partial charge on any atom is -0.489 e. The lowest BCUT2D eigenvalue weighted by Crippen LogP contribution is -2.30. The van der Waals surface area contributed by atoms with Gasteiger partial charge in [-0.25, -0.2) is 0 Å². The molecule has 0 aliphatic rings. The summed E-state index contributed by atoms with van der Waals surface area (Å²) in [5.74, 6) is 1.63. The van der Waals surface area contributed by atoms with Crippen LogP contribution in [-0.4, -0.2) is 12.0 Å². The van der Waals surface area contributed by atoms with Crippen LogP contribution in [0.5, 0.6) is 11.5 Å². The van der Waals surface area contributed by atoms with Gasteiger partial charge in [-0.1, -0.05) is 68.4 Å². The summed E-state index contributed by atoms with van der Waals surface area (Å²) in [6.45, 7) is 6.54. The minimum atomic E-state index is -0.621. The van der Waals surface area contributed by atoms with Gasteiger partial charge in [0.2, 0.25) is 0 Å². The Balaban J connectivity index is 1.60. The van der Waals surface area contributed by atoms with Gasteiger partial charge in [-0.15, -0.1) is 0 Å².